The van der Waals surface area contributed by atoms with Crippen LogP contribution in [0.4, 0.5) is 0 Å². The summed E-state index contributed by atoms with van der Waals surface area (Å²) in [5.41, 5.74) is 7.81. The Bertz CT molecular complexity index is 1110. The zero-order chi connectivity index (χ0) is 17.0. The molecule has 0 saturated carbocycles. The van der Waals surface area contributed by atoms with Gasteiger partial charge in [0.2, 0.25) is 0 Å². The van der Waals surface area contributed by atoms with Crippen LogP contribution in [0, 0.1) is 0 Å². The summed E-state index contributed by atoms with van der Waals surface area (Å²) in [6.07, 6.45) is 0. The van der Waals surface area contributed by atoms with Crippen LogP contribution in [0.3, 0.4) is 0 Å². The Morgan fingerprint density at radius 1 is 0.560 bits per heavy atom. The molecular formula is C22H15BO2. The summed E-state index contributed by atoms with van der Waals surface area (Å²) < 4.78 is 0. The first-order chi connectivity index (χ1) is 12.2. The van der Waals surface area contributed by atoms with Crippen molar-refractivity contribution in [3.8, 4) is 33.4 Å². The zero-order valence-electron chi connectivity index (χ0n) is 13.5. The number of benzene rings is 4. The molecule has 0 spiro atoms. The second-order valence-corrected chi connectivity index (χ2v) is 6.43. The fraction of sp³-hybridized carbons (Fsp3) is 0. The molecule has 3 heteroatoms. The van der Waals surface area contributed by atoms with Crippen molar-refractivity contribution < 1.29 is 10.0 Å². The quantitative estimate of drug-likeness (QED) is 0.485. The fourth-order valence-corrected chi connectivity index (χ4v) is 3.92. The Morgan fingerprint density at radius 2 is 1.16 bits per heavy atom. The Hall–Kier alpha value is -2.88. The van der Waals surface area contributed by atoms with E-state index in [0.717, 1.165) is 5.56 Å². The molecule has 0 aliphatic heterocycles. The molecule has 2 nitrogen and oxygen atoms in total. The molecule has 5 rings (SSSR count). The van der Waals surface area contributed by atoms with Crippen molar-refractivity contribution >= 4 is 23.4 Å². The Morgan fingerprint density at radius 3 is 1.88 bits per heavy atom. The molecule has 25 heavy (non-hydrogen) atoms. The third-order valence-electron chi connectivity index (χ3n) is 5.05. The van der Waals surface area contributed by atoms with E-state index in [1.807, 2.05) is 12.1 Å². The van der Waals surface area contributed by atoms with Gasteiger partial charge in [-0.05, 0) is 49.6 Å². The molecular weight excluding hydrogens is 307 g/mol. The van der Waals surface area contributed by atoms with Crippen LogP contribution in [0.15, 0.2) is 78.9 Å². The lowest BCUT2D eigenvalue weighted by Crippen LogP contribution is -2.29. The lowest BCUT2D eigenvalue weighted by Gasteiger charge is -2.11. The highest BCUT2D eigenvalue weighted by atomic mass is 16.4. The van der Waals surface area contributed by atoms with E-state index >= 15 is 0 Å². The average molecular weight is 322 g/mol. The smallest absolute Gasteiger partial charge is 0.423 e. The van der Waals surface area contributed by atoms with E-state index in [4.69, 9.17) is 0 Å². The highest BCUT2D eigenvalue weighted by molar-refractivity contribution is 6.58. The van der Waals surface area contributed by atoms with E-state index < -0.39 is 7.12 Å². The SMILES string of the molecule is OB(O)c1ccc(-c2cccc3c2-c2cccc4cccc-3c24)cc1. The molecule has 0 bridgehead atoms. The van der Waals surface area contributed by atoms with Crippen LogP contribution in [-0.4, -0.2) is 17.2 Å². The van der Waals surface area contributed by atoms with Gasteiger partial charge in [-0.15, -0.1) is 0 Å². The second kappa shape index (κ2) is 5.31. The van der Waals surface area contributed by atoms with E-state index in [1.165, 1.54) is 38.6 Å². The number of fused-ring (bicyclic) bond motifs is 3. The summed E-state index contributed by atoms with van der Waals surface area (Å²) in [6.45, 7) is 0. The second-order valence-electron chi connectivity index (χ2n) is 6.43. The maximum atomic E-state index is 9.32. The molecule has 0 unspecified atom stereocenters. The number of rotatable bonds is 2. The monoisotopic (exact) mass is 322 g/mol. The maximum Gasteiger partial charge on any atom is 0.488 e. The van der Waals surface area contributed by atoms with Gasteiger partial charge in [-0.25, -0.2) is 0 Å². The Kier molecular flexibility index (Phi) is 3.08. The van der Waals surface area contributed by atoms with Crippen molar-refractivity contribution in [2.75, 3.05) is 0 Å². The third-order valence-corrected chi connectivity index (χ3v) is 5.05. The van der Waals surface area contributed by atoms with Gasteiger partial charge in [0.05, 0.1) is 0 Å². The van der Waals surface area contributed by atoms with Gasteiger partial charge in [0.25, 0.3) is 0 Å². The lowest BCUT2D eigenvalue weighted by molar-refractivity contribution is 0.426. The molecule has 0 heterocycles. The Balaban J connectivity index is 1.78. The van der Waals surface area contributed by atoms with Gasteiger partial charge in [-0.1, -0.05) is 78.9 Å². The van der Waals surface area contributed by atoms with E-state index in [0.29, 0.717) is 5.46 Å². The molecule has 118 valence electrons. The molecule has 0 amide bonds. The van der Waals surface area contributed by atoms with E-state index in [9.17, 15) is 10.0 Å². The summed E-state index contributed by atoms with van der Waals surface area (Å²) in [7, 11) is -1.44. The first-order valence-electron chi connectivity index (χ1n) is 8.36. The standard InChI is InChI=1S/C22H15BO2/c24-23(25)16-12-10-14(11-13-16)17-6-3-8-19-18-7-1-4-15-5-2-9-20(21(15)18)22(17)19/h1-13,24-25H. The summed E-state index contributed by atoms with van der Waals surface area (Å²) in [5, 5.41) is 21.2. The molecule has 4 aromatic rings. The minimum Gasteiger partial charge on any atom is -0.423 e. The van der Waals surface area contributed by atoms with Crippen LogP contribution in [-0.2, 0) is 0 Å². The van der Waals surface area contributed by atoms with Crippen LogP contribution >= 0.6 is 0 Å². The molecule has 4 aromatic carbocycles. The lowest BCUT2D eigenvalue weighted by atomic mass is 9.79. The van der Waals surface area contributed by atoms with Gasteiger partial charge >= 0.3 is 7.12 Å². The summed E-state index contributed by atoms with van der Waals surface area (Å²) in [5.74, 6) is 0. The minimum absolute atomic E-state index is 0.502. The van der Waals surface area contributed by atoms with Gasteiger partial charge in [0.1, 0.15) is 0 Å². The molecule has 0 aromatic heterocycles. The highest BCUT2D eigenvalue weighted by Crippen LogP contribution is 2.50. The van der Waals surface area contributed by atoms with Crippen molar-refractivity contribution in [2.45, 2.75) is 0 Å². The first-order valence-corrected chi connectivity index (χ1v) is 8.36. The van der Waals surface area contributed by atoms with E-state index in [1.54, 1.807) is 12.1 Å². The number of hydrogen-bond acceptors (Lipinski definition) is 2. The van der Waals surface area contributed by atoms with Gasteiger partial charge < -0.3 is 10.0 Å². The van der Waals surface area contributed by atoms with E-state index in [2.05, 4.69) is 54.6 Å². The zero-order valence-corrected chi connectivity index (χ0v) is 13.5. The maximum absolute atomic E-state index is 9.32. The largest absolute Gasteiger partial charge is 0.488 e. The van der Waals surface area contributed by atoms with E-state index in [-0.39, 0.29) is 0 Å². The predicted molar refractivity (Wildman–Crippen MR) is 104 cm³/mol. The van der Waals surface area contributed by atoms with Gasteiger partial charge in [0.15, 0.2) is 0 Å². The topological polar surface area (TPSA) is 40.5 Å². The third kappa shape index (κ3) is 2.07. The Labute approximate surface area is 146 Å². The van der Waals surface area contributed by atoms with Crippen molar-refractivity contribution in [1.82, 2.24) is 0 Å². The van der Waals surface area contributed by atoms with Gasteiger partial charge in [0, 0.05) is 0 Å². The molecule has 1 aliphatic rings. The van der Waals surface area contributed by atoms with Crippen molar-refractivity contribution in [3.05, 3.63) is 78.9 Å². The number of hydrogen-bond donors (Lipinski definition) is 2. The van der Waals surface area contributed by atoms with Crippen LogP contribution < -0.4 is 5.46 Å². The van der Waals surface area contributed by atoms with Crippen molar-refractivity contribution in [1.29, 1.82) is 0 Å². The van der Waals surface area contributed by atoms with Crippen LogP contribution in [0.1, 0.15) is 0 Å². The van der Waals surface area contributed by atoms with Crippen molar-refractivity contribution in [3.63, 3.8) is 0 Å². The molecule has 2 N–H and O–H groups in total. The van der Waals surface area contributed by atoms with Gasteiger partial charge in [-0.3, -0.25) is 0 Å². The van der Waals surface area contributed by atoms with Crippen LogP contribution in [0.2, 0.25) is 0 Å². The van der Waals surface area contributed by atoms with Crippen LogP contribution in [0.25, 0.3) is 44.2 Å². The average Bonchev–Trinajstić information content (AvgIpc) is 2.99. The normalized spacial score (nSPS) is 11.6. The fourth-order valence-electron chi connectivity index (χ4n) is 3.92. The summed E-state index contributed by atoms with van der Waals surface area (Å²) >= 11 is 0. The summed E-state index contributed by atoms with van der Waals surface area (Å²) in [4.78, 5) is 0. The molecule has 1 aliphatic carbocycles. The minimum atomic E-state index is -1.44. The highest BCUT2D eigenvalue weighted by Gasteiger charge is 2.23. The predicted octanol–water partition coefficient (Wildman–Crippen LogP) is 3.83. The van der Waals surface area contributed by atoms with Gasteiger partial charge in [-0.2, -0.15) is 0 Å². The molecule has 0 fully saturated rings. The molecule has 0 atom stereocenters. The summed E-state index contributed by atoms with van der Waals surface area (Å²) in [6, 6.07) is 26.8. The molecule has 0 radical (unpaired) electrons. The molecule has 0 saturated heterocycles. The first kappa shape index (κ1) is 14.5. The van der Waals surface area contributed by atoms with Crippen LogP contribution in [0.5, 0.6) is 0 Å². The van der Waals surface area contributed by atoms with Crippen molar-refractivity contribution in [2.24, 2.45) is 0 Å².